The summed E-state index contributed by atoms with van der Waals surface area (Å²) in [6.45, 7) is 5.73. The molecule has 1 atom stereocenters. The second-order valence-corrected chi connectivity index (χ2v) is 4.22. The molecule has 0 aromatic heterocycles. The van der Waals surface area contributed by atoms with Gasteiger partial charge in [-0.1, -0.05) is 0 Å². The number of carboxylic acids is 2. The van der Waals surface area contributed by atoms with E-state index in [1.807, 2.05) is 20.8 Å². The molecule has 0 heterocycles. The van der Waals surface area contributed by atoms with Crippen LogP contribution in [-0.2, 0) is 9.59 Å². The molecule has 0 saturated heterocycles. The summed E-state index contributed by atoms with van der Waals surface area (Å²) < 4.78 is 63.5. The van der Waals surface area contributed by atoms with Crippen LogP contribution in [0.25, 0.3) is 0 Å². The van der Waals surface area contributed by atoms with E-state index in [-0.39, 0.29) is 11.6 Å². The standard InChI is InChI=1S/C5H14N2.2C2HF3O2/c1-4(6)5(2,3)7;2*3-2(4,5)1(6)7/h4H,6-7H2,1-3H3;2*(H,6,7). The molecule has 0 rings (SSSR count). The van der Waals surface area contributed by atoms with Gasteiger partial charge in [-0.15, -0.1) is 0 Å². The number of rotatable bonds is 1. The Morgan fingerprint density at radius 2 is 1.00 bits per heavy atom. The number of hydrogen-bond acceptors (Lipinski definition) is 4. The predicted octanol–water partition coefficient (Wildman–Crippen LogP) is 1.34. The van der Waals surface area contributed by atoms with Crippen LogP contribution in [0, 0.1) is 0 Å². The smallest absolute Gasteiger partial charge is 0.475 e. The predicted molar refractivity (Wildman–Crippen MR) is 59.3 cm³/mol. The Bertz CT molecular complexity index is 309. The molecule has 0 radical (unpaired) electrons. The van der Waals surface area contributed by atoms with Gasteiger partial charge in [0.1, 0.15) is 0 Å². The highest BCUT2D eigenvalue weighted by Gasteiger charge is 2.38. The Morgan fingerprint density at radius 3 is 1.00 bits per heavy atom. The third kappa shape index (κ3) is 18.4. The van der Waals surface area contributed by atoms with E-state index in [1.54, 1.807) is 0 Å². The molecule has 12 heteroatoms. The van der Waals surface area contributed by atoms with Gasteiger partial charge in [-0.3, -0.25) is 0 Å². The van der Waals surface area contributed by atoms with Crippen molar-refractivity contribution in [3.05, 3.63) is 0 Å². The van der Waals surface area contributed by atoms with Gasteiger partial charge in [-0.25, -0.2) is 9.59 Å². The highest BCUT2D eigenvalue weighted by molar-refractivity contribution is 5.73. The second-order valence-electron chi connectivity index (χ2n) is 4.22. The summed E-state index contributed by atoms with van der Waals surface area (Å²) in [4.78, 5) is 17.8. The molecule has 0 saturated carbocycles. The molecule has 0 aliphatic carbocycles. The van der Waals surface area contributed by atoms with Gasteiger partial charge in [-0.2, -0.15) is 26.3 Å². The van der Waals surface area contributed by atoms with Gasteiger partial charge < -0.3 is 21.7 Å². The largest absolute Gasteiger partial charge is 0.490 e. The van der Waals surface area contributed by atoms with Gasteiger partial charge >= 0.3 is 24.3 Å². The SMILES string of the molecule is CC(N)C(C)(C)N.O=C(O)C(F)(F)F.O=C(O)C(F)(F)F. The van der Waals surface area contributed by atoms with E-state index in [9.17, 15) is 26.3 Å². The molecule has 0 spiro atoms. The molecule has 1 unspecified atom stereocenters. The fourth-order valence-corrected chi connectivity index (χ4v) is 0. The number of alkyl halides is 6. The van der Waals surface area contributed by atoms with Crippen molar-refractivity contribution < 1.29 is 46.1 Å². The Labute approximate surface area is 115 Å². The molecule has 0 aromatic carbocycles. The molecule has 0 aromatic rings. The lowest BCUT2D eigenvalue weighted by Gasteiger charge is -2.22. The summed E-state index contributed by atoms with van der Waals surface area (Å²) in [5.41, 5.74) is 10.8. The zero-order valence-corrected chi connectivity index (χ0v) is 11.2. The molecule has 21 heavy (non-hydrogen) atoms. The van der Waals surface area contributed by atoms with E-state index in [0.29, 0.717) is 0 Å². The number of carboxylic acid groups (broad SMARTS) is 2. The van der Waals surface area contributed by atoms with Crippen molar-refractivity contribution in [1.29, 1.82) is 0 Å². The lowest BCUT2D eigenvalue weighted by molar-refractivity contribution is -0.193. The topological polar surface area (TPSA) is 127 Å². The van der Waals surface area contributed by atoms with Crippen LogP contribution in [0.1, 0.15) is 20.8 Å². The normalized spacial score (nSPS) is 13.1. The Kier molecular flexibility index (Phi) is 10.1. The summed E-state index contributed by atoms with van der Waals surface area (Å²) in [5.74, 6) is -5.51. The van der Waals surface area contributed by atoms with Crippen molar-refractivity contribution >= 4 is 11.9 Å². The van der Waals surface area contributed by atoms with Crippen LogP contribution in [0.3, 0.4) is 0 Å². The Morgan fingerprint density at radius 1 is 0.905 bits per heavy atom. The summed E-state index contributed by atoms with van der Waals surface area (Å²) in [6, 6.07) is 0.0764. The van der Waals surface area contributed by atoms with Crippen molar-refractivity contribution in [2.45, 2.75) is 44.7 Å². The first-order chi connectivity index (χ1) is 8.83. The molecule has 0 aliphatic rings. The van der Waals surface area contributed by atoms with Crippen molar-refractivity contribution in [2.75, 3.05) is 0 Å². The molecule has 128 valence electrons. The fourth-order valence-electron chi connectivity index (χ4n) is 0. The average Bonchev–Trinajstić information content (AvgIpc) is 2.14. The van der Waals surface area contributed by atoms with Crippen molar-refractivity contribution in [3.63, 3.8) is 0 Å². The maximum absolute atomic E-state index is 10.6. The lowest BCUT2D eigenvalue weighted by atomic mass is 9.99. The summed E-state index contributed by atoms with van der Waals surface area (Å²) in [5, 5.41) is 14.2. The van der Waals surface area contributed by atoms with Gasteiger partial charge in [0, 0.05) is 11.6 Å². The first kappa shape index (κ1) is 24.5. The first-order valence-electron chi connectivity index (χ1n) is 4.98. The van der Waals surface area contributed by atoms with Crippen molar-refractivity contribution in [2.24, 2.45) is 11.5 Å². The summed E-state index contributed by atoms with van der Waals surface area (Å²) in [7, 11) is 0. The van der Waals surface area contributed by atoms with Crippen LogP contribution >= 0.6 is 0 Å². The average molecular weight is 330 g/mol. The number of hydrogen-bond donors (Lipinski definition) is 4. The highest BCUT2D eigenvalue weighted by Crippen LogP contribution is 2.13. The minimum Gasteiger partial charge on any atom is -0.475 e. The van der Waals surface area contributed by atoms with Gasteiger partial charge in [0.15, 0.2) is 0 Å². The van der Waals surface area contributed by atoms with E-state index in [1.165, 1.54) is 0 Å². The minimum absolute atomic E-state index is 0.0764. The zero-order chi connectivity index (χ0) is 18.2. The molecular formula is C9H16F6N2O4. The van der Waals surface area contributed by atoms with Crippen LogP contribution in [0.5, 0.6) is 0 Å². The fraction of sp³-hybridized carbons (Fsp3) is 0.778. The summed E-state index contributed by atoms with van der Waals surface area (Å²) >= 11 is 0. The van der Waals surface area contributed by atoms with E-state index in [4.69, 9.17) is 31.3 Å². The third-order valence-electron chi connectivity index (χ3n) is 1.66. The zero-order valence-electron chi connectivity index (χ0n) is 11.2. The lowest BCUT2D eigenvalue weighted by Crippen LogP contribution is -2.48. The van der Waals surface area contributed by atoms with E-state index in [2.05, 4.69) is 0 Å². The molecule has 0 fully saturated rings. The number of halogens is 6. The number of nitrogens with two attached hydrogens (primary N) is 2. The highest BCUT2D eigenvalue weighted by atomic mass is 19.4. The quantitative estimate of drug-likeness (QED) is 0.537. The Hall–Kier alpha value is -1.56. The maximum Gasteiger partial charge on any atom is 0.490 e. The van der Waals surface area contributed by atoms with Gasteiger partial charge in [-0.05, 0) is 20.8 Å². The van der Waals surface area contributed by atoms with E-state index in [0.717, 1.165) is 0 Å². The van der Waals surface area contributed by atoms with Crippen molar-refractivity contribution in [1.82, 2.24) is 0 Å². The summed E-state index contributed by atoms with van der Waals surface area (Å²) in [6.07, 6.45) is -10.2. The van der Waals surface area contributed by atoms with E-state index >= 15 is 0 Å². The molecular weight excluding hydrogens is 314 g/mol. The van der Waals surface area contributed by atoms with Gasteiger partial charge in [0.05, 0.1) is 0 Å². The minimum atomic E-state index is -5.08. The van der Waals surface area contributed by atoms with Crippen LogP contribution in [0.15, 0.2) is 0 Å². The van der Waals surface area contributed by atoms with E-state index < -0.39 is 24.3 Å². The molecule has 6 nitrogen and oxygen atoms in total. The molecule has 0 aliphatic heterocycles. The first-order valence-corrected chi connectivity index (χ1v) is 4.98. The van der Waals surface area contributed by atoms with Gasteiger partial charge in [0.25, 0.3) is 0 Å². The number of aliphatic carboxylic acids is 2. The number of carbonyl (C=O) groups is 2. The molecule has 0 bridgehead atoms. The van der Waals surface area contributed by atoms with Gasteiger partial charge in [0.2, 0.25) is 0 Å². The monoisotopic (exact) mass is 330 g/mol. The molecule has 6 N–H and O–H groups in total. The van der Waals surface area contributed by atoms with Crippen molar-refractivity contribution in [3.8, 4) is 0 Å². The maximum atomic E-state index is 10.6. The van der Waals surface area contributed by atoms with Crippen LogP contribution in [-0.4, -0.2) is 46.1 Å². The second kappa shape index (κ2) is 8.67. The third-order valence-corrected chi connectivity index (χ3v) is 1.66. The Balaban J connectivity index is -0.000000231. The van der Waals surface area contributed by atoms with Crippen LogP contribution in [0.4, 0.5) is 26.3 Å². The van der Waals surface area contributed by atoms with Crippen LogP contribution in [0.2, 0.25) is 0 Å². The molecule has 0 amide bonds. The van der Waals surface area contributed by atoms with Crippen LogP contribution < -0.4 is 11.5 Å².